The molecule has 122 valence electrons. The molecule has 0 unspecified atom stereocenters. The highest BCUT2D eigenvalue weighted by molar-refractivity contribution is 5.91. The number of rotatable bonds is 3. The average molecular weight is 315 g/mol. The molecule has 2 amide bonds. The van der Waals surface area contributed by atoms with Gasteiger partial charge in [-0.15, -0.1) is 0 Å². The first-order chi connectivity index (χ1) is 11.2. The minimum absolute atomic E-state index is 0.0255. The van der Waals surface area contributed by atoms with Crippen molar-refractivity contribution in [3.8, 4) is 5.88 Å². The number of carbonyl (C=O) groups is 1. The van der Waals surface area contributed by atoms with Crippen molar-refractivity contribution in [2.75, 3.05) is 19.0 Å². The molecule has 7 nitrogen and oxygen atoms in total. The number of aromatic nitrogens is 3. The molecule has 3 rings (SSSR count). The van der Waals surface area contributed by atoms with Crippen molar-refractivity contribution in [2.24, 2.45) is 0 Å². The van der Waals surface area contributed by atoms with Gasteiger partial charge >= 0.3 is 6.03 Å². The molecule has 1 atom stereocenters. The van der Waals surface area contributed by atoms with Gasteiger partial charge in [0.2, 0.25) is 5.88 Å². The number of methoxy groups -OCH3 is 1. The molecule has 1 aliphatic heterocycles. The Kier molecular flexibility index (Phi) is 4.45. The van der Waals surface area contributed by atoms with Gasteiger partial charge < -0.3 is 19.9 Å². The molecule has 0 saturated carbocycles. The Balaban J connectivity index is 1.80. The Morgan fingerprint density at radius 2 is 2.30 bits per heavy atom. The summed E-state index contributed by atoms with van der Waals surface area (Å²) in [6.45, 7) is 2.63. The molecule has 0 radical (unpaired) electrons. The fraction of sp³-hybridized carbons (Fsp3) is 0.438. The van der Waals surface area contributed by atoms with E-state index in [2.05, 4.69) is 20.3 Å². The van der Waals surface area contributed by atoms with E-state index in [1.807, 2.05) is 17.9 Å². The quantitative estimate of drug-likeness (QED) is 0.912. The van der Waals surface area contributed by atoms with Gasteiger partial charge in [0.05, 0.1) is 13.2 Å². The highest BCUT2D eigenvalue weighted by Gasteiger charge is 2.30. The molecule has 7 heteroatoms. The first-order valence-electron chi connectivity index (χ1n) is 7.76. The van der Waals surface area contributed by atoms with Crippen LogP contribution in [0.4, 0.5) is 10.5 Å². The zero-order valence-corrected chi connectivity index (χ0v) is 13.4. The smallest absolute Gasteiger partial charge is 0.322 e. The van der Waals surface area contributed by atoms with Crippen LogP contribution in [0, 0.1) is 6.92 Å². The maximum atomic E-state index is 12.7. The van der Waals surface area contributed by atoms with Crippen molar-refractivity contribution >= 4 is 11.7 Å². The van der Waals surface area contributed by atoms with E-state index in [-0.39, 0.29) is 12.1 Å². The second-order valence-electron chi connectivity index (χ2n) is 5.68. The largest absolute Gasteiger partial charge is 0.480 e. The van der Waals surface area contributed by atoms with Crippen molar-refractivity contribution in [2.45, 2.75) is 32.2 Å². The van der Waals surface area contributed by atoms with Gasteiger partial charge in [0.1, 0.15) is 11.5 Å². The predicted molar refractivity (Wildman–Crippen MR) is 86.4 cm³/mol. The van der Waals surface area contributed by atoms with Gasteiger partial charge in [-0.25, -0.2) is 14.8 Å². The maximum absolute atomic E-state index is 12.7. The summed E-state index contributed by atoms with van der Waals surface area (Å²) in [4.78, 5) is 26.2. The average Bonchev–Trinajstić information content (AvgIpc) is 3.09. The minimum Gasteiger partial charge on any atom is -0.480 e. The van der Waals surface area contributed by atoms with Crippen molar-refractivity contribution in [1.29, 1.82) is 0 Å². The molecule has 3 heterocycles. The molecule has 2 aromatic rings. The van der Waals surface area contributed by atoms with Gasteiger partial charge in [-0.1, -0.05) is 0 Å². The van der Waals surface area contributed by atoms with Gasteiger partial charge in [0.15, 0.2) is 0 Å². The Morgan fingerprint density at radius 1 is 1.43 bits per heavy atom. The number of nitrogens with one attached hydrogen (secondary N) is 2. The molecule has 1 aliphatic rings. The van der Waals surface area contributed by atoms with Gasteiger partial charge in [-0.05, 0) is 37.8 Å². The second kappa shape index (κ2) is 6.68. The highest BCUT2D eigenvalue weighted by atomic mass is 16.5. The molecule has 0 aromatic carbocycles. The molecule has 23 heavy (non-hydrogen) atoms. The van der Waals surface area contributed by atoms with Crippen LogP contribution < -0.4 is 10.1 Å². The molecule has 2 N–H and O–H groups in total. The van der Waals surface area contributed by atoms with Gasteiger partial charge in [-0.2, -0.15) is 0 Å². The molecular formula is C16H21N5O2. The summed E-state index contributed by atoms with van der Waals surface area (Å²) >= 11 is 0. The number of aryl methyl sites for hydroxylation is 1. The van der Waals surface area contributed by atoms with Crippen molar-refractivity contribution in [3.63, 3.8) is 0 Å². The fourth-order valence-electron chi connectivity index (χ4n) is 2.91. The number of anilines is 1. The molecular weight excluding hydrogens is 294 g/mol. The standard InChI is InChI=1S/C16H21N5O2/c1-11-9-12(15(23-2)19-10-11)20-16(22)21-8-4-3-5-13(21)14-17-6-7-18-14/h6-7,9-10,13H,3-5,8H2,1-2H3,(H,17,18)(H,20,22)/t13-/m1/s1. The Bertz CT molecular complexity index is 671. The first-order valence-corrected chi connectivity index (χ1v) is 7.76. The number of likely N-dealkylation sites (tertiary alicyclic amines) is 1. The third-order valence-electron chi connectivity index (χ3n) is 4.02. The fourth-order valence-corrected chi connectivity index (χ4v) is 2.91. The number of carbonyl (C=O) groups excluding carboxylic acids is 1. The van der Waals surface area contributed by atoms with E-state index in [1.54, 1.807) is 25.7 Å². The number of piperidine rings is 1. The highest BCUT2D eigenvalue weighted by Crippen LogP contribution is 2.30. The van der Waals surface area contributed by atoms with Crippen LogP contribution in [0.15, 0.2) is 24.7 Å². The number of hydrogen-bond acceptors (Lipinski definition) is 4. The molecule has 0 aliphatic carbocycles. The van der Waals surface area contributed by atoms with E-state index in [0.717, 1.165) is 30.7 Å². The number of aromatic amines is 1. The topological polar surface area (TPSA) is 83.1 Å². The van der Waals surface area contributed by atoms with Crippen molar-refractivity contribution in [3.05, 3.63) is 36.0 Å². The van der Waals surface area contributed by atoms with Crippen LogP contribution in [0.5, 0.6) is 5.88 Å². The monoisotopic (exact) mass is 315 g/mol. The summed E-state index contributed by atoms with van der Waals surface area (Å²) in [5, 5.41) is 2.92. The number of ether oxygens (including phenoxy) is 1. The lowest BCUT2D eigenvalue weighted by molar-refractivity contribution is 0.159. The predicted octanol–water partition coefficient (Wildman–Crippen LogP) is 2.88. The van der Waals surface area contributed by atoms with Crippen molar-refractivity contribution in [1.82, 2.24) is 19.9 Å². The molecule has 1 saturated heterocycles. The van der Waals surface area contributed by atoms with E-state index < -0.39 is 0 Å². The summed E-state index contributed by atoms with van der Waals surface area (Å²) in [6.07, 6.45) is 8.20. The number of pyridine rings is 1. The van der Waals surface area contributed by atoms with Crippen LogP contribution in [-0.4, -0.2) is 39.5 Å². The number of nitrogens with zero attached hydrogens (tertiary/aromatic N) is 3. The van der Waals surface area contributed by atoms with Crippen LogP contribution in [-0.2, 0) is 0 Å². The van der Waals surface area contributed by atoms with Gasteiger partial charge in [0.25, 0.3) is 0 Å². The SMILES string of the molecule is COc1ncc(C)cc1NC(=O)N1CCCC[C@@H]1c1ncc[nH]1. The third-order valence-corrected chi connectivity index (χ3v) is 4.02. The number of hydrogen-bond donors (Lipinski definition) is 2. The number of urea groups is 1. The number of H-pyrrole nitrogens is 1. The summed E-state index contributed by atoms with van der Waals surface area (Å²) in [5.41, 5.74) is 1.54. The molecule has 0 spiro atoms. The Labute approximate surface area is 135 Å². The lowest BCUT2D eigenvalue weighted by Crippen LogP contribution is -2.41. The van der Waals surface area contributed by atoms with E-state index in [1.165, 1.54) is 0 Å². The zero-order chi connectivity index (χ0) is 16.2. The number of imidazole rings is 1. The first kappa shape index (κ1) is 15.3. The van der Waals surface area contributed by atoms with Crippen LogP contribution >= 0.6 is 0 Å². The second-order valence-corrected chi connectivity index (χ2v) is 5.68. The van der Waals surface area contributed by atoms with E-state index in [9.17, 15) is 4.79 Å². The lowest BCUT2D eigenvalue weighted by Gasteiger charge is -2.34. The van der Waals surface area contributed by atoms with Crippen LogP contribution in [0.1, 0.15) is 36.7 Å². The van der Waals surface area contributed by atoms with E-state index >= 15 is 0 Å². The van der Waals surface area contributed by atoms with E-state index in [0.29, 0.717) is 18.1 Å². The van der Waals surface area contributed by atoms with Gasteiger partial charge in [0, 0.05) is 25.1 Å². The van der Waals surface area contributed by atoms with E-state index in [4.69, 9.17) is 4.74 Å². The molecule has 0 bridgehead atoms. The summed E-state index contributed by atoms with van der Waals surface area (Å²) in [6, 6.07) is 1.68. The maximum Gasteiger partial charge on any atom is 0.322 e. The normalized spacial score (nSPS) is 17.8. The zero-order valence-electron chi connectivity index (χ0n) is 13.4. The minimum atomic E-state index is -0.156. The van der Waals surface area contributed by atoms with Crippen LogP contribution in [0.2, 0.25) is 0 Å². The lowest BCUT2D eigenvalue weighted by atomic mass is 10.0. The van der Waals surface area contributed by atoms with Gasteiger partial charge in [-0.3, -0.25) is 0 Å². The van der Waals surface area contributed by atoms with Crippen LogP contribution in [0.3, 0.4) is 0 Å². The summed E-state index contributed by atoms with van der Waals surface area (Å²) in [5.74, 6) is 1.24. The molecule has 2 aromatic heterocycles. The Morgan fingerprint density at radius 3 is 3.04 bits per heavy atom. The molecule has 1 fully saturated rings. The number of amides is 2. The Hall–Kier alpha value is -2.57. The summed E-state index contributed by atoms with van der Waals surface area (Å²) < 4.78 is 5.22. The third kappa shape index (κ3) is 3.28. The van der Waals surface area contributed by atoms with Crippen LogP contribution in [0.25, 0.3) is 0 Å². The summed E-state index contributed by atoms with van der Waals surface area (Å²) in [7, 11) is 1.54. The van der Waals surface area contributed by atoms with Crippen molar-refractivity contribution < 1.29 is 9.53 Å².